The molecule has 0 aliphatic carbocycles. The Morgan fingerprint density at radius 2 is 0.755 bits per heavy atom. The highest BCUT2D eigenvalue weighted by Crippen LogP contribution is 2.54. The minimum absolute atomic E-state index is 0.293. The normalized spacial score (nSPS) is 12.8. The third-order valence-electron chi connectivity index (χ3n) is 10.6. The van der Waals surface area contributed by atoms with E-state index in [1.54, 1.807) is 0 Å². The summed E-state index contributed by atoms with van der Waals surface area (Å²) in [4.78, 5) is 4.84. The van der Waals surface area contributed by atoms with E-state index in [1.165, 1.54) is 55.9 Å². The smallest absolute Gasteiger partial charge is 0.0504 e. The molecule has 0 amide bonds. The standard InChI is InChI=1S/C51H40N2/c1-51(2)47-35-42(39-20-11-5-12-21-39)28-32-49(47)53(45-25-15-22-41(34-45)38-18-9-4-10-19-38)50-33-31-46(36-48(50)51)52(43-23-13-6-14-24-43)44-29-26-40(27-30-44)37-16-7-3-8-17-37/h3-36H,1-2H3. The molecule has 0 saturated heterocycles. The van der Waals surface area contributed by atoms with Crippen LogP contribution >= 0.6 is 0 Å². The Morgan fingerprint density at radius 3 is 1.36 bits per heavy atom. The van der Waals surface area contributed by atoms with Crippen molar-refractivity contribution in [2.75, 3.05) is 9.80 Å². The van der Waals surface area contributed by atoms with Gasteiger partial charge in [0, 0.05) is 28.2 Å². The minimum Gasteiger partial charge on any atom is -0.310 e. The van der Waals surface area contributed by atoms with Crippen molar-refractivity contribution in [3.63, 3.8) is 0 Å². The van der Waals surface area contributed by atoms with Gasteiger partial charge in [-0.15, -0.1) is 0 Å². The van der Waals surface area contributed by atoms with Crippen molar-refractivity contribution in [3.8, 4) is 33.4 Å². The summed E-state index contributed by atoms with van der Waals surface area (Å²) >= 11 is 0. The lowest BCUT2D eigenvalue weighted by atomic mass is 9.72. The minimum atomic E-state index is -0.293. The quantitative estimate of drug-likeness (QED) is 0.165. The Kier molecular flexibility index (Phi) is 8.21. The molecular weight excluding hydrogens is 641 g/mol. The molecule has 254 valence electrons. The molecule has 1 aliphatic rings. The number of hydrogen-bond donors (Lipinski definition) is 0. The van der Waals surface area contributed by atoms with E-state index >= 15 is 0 Å². The average Bonchev–Trinajstić information content (AvgIpc) is 3.23. The summed E-state index contributed by atoms with van der Waals surface area (Å²) in [6, 6.07) is 74.6. The van der Waals surface area contributed by atoms with E-state index in [1.807, 2.05) is 0 Å². The van der Waals surface area contributed by atoms with Crippen LogP contribution < -0.4 is 9.80 Å². The molecule has 9 rings (SSSR count). The van der Waals surface area contributed by atoms with Gasteiger partial charge in [-0.1, -0.05) is 153 Å². The van der Waals surface area contributed by atoms with Crippen molar-refractivity contribution in [1.82, 2.24) is 0 Å². The van der Waals surface area contributed by atoms with E-state index in [-0.39, 0.29) is 5.41 Å². The first-order valence-electron chi connectivity index (χ1n) is 18.4. The van der Waals surface area contributed by atoms with Gasteiger partial charge in [0.2, 0.25) is 0 Å². The van der Waals surface area contributed by atoms with Crippen LogP contribution in [0.5, 0.6) is 0 Å². The molecule has 1 heterocycles. The van der Waals surface area contributed by atoms with Crippen LogP contribution in [0.1, 0.15) is 25.0 Å². The maximum absolute atomic E-state index is 2.46. The second-order valence-corrected chi connectivity index (χ2v) is 14.3. The van der Waals surface area contributed by atoms with Gasteiger partial charge in [-0.05, 0) is 111 Å². The fourth-order valence-electron chi connectivity index (χ4n) is 7.87. The van der Waals surface area contributed by atoms with E-state index in [0.717, 1.165) is 22.7 Å². The lowest BCUT2D eigenvalue weighted by Gasteiger charge is -2.43. The first kappa shape index (κ1) is 32.3. The van der Waals surface area contributed by atoms with Crippen LogP contribution in [0.15, 0.2) is 206 Å². The Bertz CT molecular complexity index is 2510. The lowest BCUT2D eigenvalue weighted by molar-refractivity contribution is 0.632. The number of rotatable bonds is 7. The van der Waals surface area contributed by atoms with Crippen LogP contribution in [-0.2, 0) is 5.41 Å². The number of fused-ring (bicyclic) bond motifs is 2. The van der Waals surface area contributed by atoms with Crippen molar-refractivity contribution in [2.24, 2.45) is 0 Å². The zero-order valence-electron chi connectivity index (χ0n) is 30.0. The molecule has 0 saturated carbocycles. The van der Waals surface area contributed by atoms with Crippen LogP contribution in [0.25, 0.3) is 33.4 Å². The third kappa shape index (κ3) is 5.99. The number of nitrogens with zero attached hydrogens (tertiary/aromatic N) is 2. The van der Waals surface area contributed by atoms with E-state index in [4.69, 9.17) is 0 Å². The molecule has 0 N–H and O–H groups in total. The van der Waals surface area contributed by atoms with Gasteiger partial charge < -0.3 is 9.80 Å². The van der Waals surface area contributed by atoms with E-state index in [9.17, 15) is 0 Å². The first-order valence-corrected chi connectivity index (χ1v) is 18.4. The molecule has 2 nitrogen and oxygen atoms in total. The zero-order valence-corrected chi connectivity index (χ0v) is 30.0. The van der Waals surface area contributed by atoms with E-state index < -0.39 is 0 Å². The summed E-state index contributed by atoms with van der Waals surface area (Å²) < 4.78 is 0. The maximum atomic E-state index is 2.46. The van der Waals surface area contributed by atoms with Crippen LogP contribution in [0.2, 0.25) is 0 Å². The summed E-state index contributed by atoms with van der Waals surface area (Å²) in [5.41, 5.74) is 16.4. The Morgan fingerprint density at radius 1 is 0.340 bits per heavy atom. The molecule has 0 bridgehead atoms. The summed E-state index contributed by atoms with van der Waals surface area (Å²) in [7, 11) is 0. The van der Waals surface area contributed by atoms with E-state index in [2.05, 4.69) is 230 Å². The molecule has 8 aromatic rings. The van der Waals surface area contributed by atoms with Gasteiger partial charge in [0.25, 0.3) is 0 Å². The highest BCUT2D eigenvalue weighted by molar-refractivity contribution is 5.91. The summed E-state index contributed by atoms with van der Waals surface area (Å²) in [6.45, 7) is 4.75. The number of para-hydroxylation sites is 1. The van der Waals surface area contributed by atoms with Gasteiger partial charge in [0.1, 0.15) is 0 Å². The van der Waals surface area contributed by atoms with Gasteiger partial charge >= 0.3 is 0 Å². The average molecular weight is 681 g/mol. The SMILES string of the molecule is CC1(C)c2cc(-c3ccccc3)ccc2N(c2cccc(-c3ccccc3)c2)c2ccc(N(c3ccccc3)c3ccc(-c4ccccc4)cc3)cc21. The molecule has 0 atom stereocenters. The van der Waals surface area contributed by atoms with Crippen LogP contribution in [0.4, 0.5) is 34.1 Å². The zero-order chi connectivity index (χ0) is 35.8. The largest absolute Gasteiger partial charge is 0.310 e. The fraction of sp³-hybridized carbons (Fsp3) is 0.0588. The summed E-state index contributed by atoms with van der Waals surface area (Å²) in [6.07, 6.45) is 0. The van der Waals surface area contributed by atoms with Crippen molar-refractivity contribution < 1.29 is 0 Å². The predicted octanol–water partition coefficient (Wildman–Crippen LogP) is 14.3. The monoisotopic (exact) mass is 680 g/mol. The van der Waals surface area contributed by atoms with Crippen LogP contribution in [-0.4, -0.2) is 0 Å². The fourth-order valence-corrected chi connectivity index (χ4v) is 7.87. The summed E-state index contributed by atoms with van der Waals surface area (Å²) in [5.74, 6) is 0. The van der Waals surface area contributed by atoms with Crippen LogP contribution in [0.3, 0.4) is 0 Å². The number of hydrogen-bond acceptors (Lipinski definition) is 2. The maximum Gasteiger partial charge on any atom is 0.0504 e. The molecule has 0 aromatic heterocycles. The summed E-state index contributed by atoms with van der Waals surface area (Å²) in [5, 5.41) is 0. The number of anilines is 6. The van der Waals surface area contributed by atoms with Gasteiger partial charge in [-0.25, -0.2) is 0 Å². The molecule has 1 aliphatic heterocycles. The highest BCUT2D eigenvalue weighted by Gasteiger charge is 2.38. The molecule has 2 heteroatoms. The number of benzene rings is 8. The first-order chi connectivity index (χ1) is 26.0. The molecule has 0 fully saturated rings. The second kappa shape index (κ2) is 13.5. The molecule has 0 spiro atoms. The third-order valence-corrected chi connectivity index (χ3v) is 10.6. The lowest BCUT2D eigenvalue weighted by Crippen LogP contribution is -2.31. The van der Waals surface area contributed by atoms with Crippen molar-refractivity contribution in [1.29, 1.82) is 0 Å². The van der Waals surface area contributed by atoms with Gasteiger partial charge in [0.15, 0.2) is 0 Å². The Balaban J connectivity index is 1.22. The van der Waals surface area contributed by atoms with Gasteiger partial charge in [0.05, 0.1) is 11.4 Å². The molecule has 0 unspecified atom stereocenters. The van der Waals surface area contributed by atoms with Crippen LogP contribution in [0, 0.1) is 0 Å². The molecule has 8 aromatic carbocycles. The Hall–Kier alpha value is -6.64. The predicted molar refractivity (Wildman–Crippen MR) is 224 cm³/mol. The highest BCUT2D eigenvalue weighted by atomic mass is 15.2. The topological polar surface area (TPSA) is 6.48 Å². The van der Waals surface area contributed by atoms with Gasteiger partial charge in [-0.3, -0.25) is 0 Å². The van der Waals surface area contributed by atoms with Crippen molar-refractivity contribution in [3.05, 3.63) is 217 Å². The second-order valence-electron chi connectivity index (χ2n) is 14.3. The van der Waals surface area contributed by atoms with Gasteiger partial charge in [-0.2, -0.15) is 0 Å². The molecule has 53 heavy (non-hydrogen) atoms. The van der Waals surface area contributed by atoms with E-state index in [0.29, 0.717) is 0 Å². The Labute approximate surface area is 312 Å². The van der Waals surface area contributed by atoms with Crippen molar-refractivity contribution in [2.45, 2.75) is 19.3 Å². The van der Waals surface area contributed by atoms with Crippen molar-refractivity contribution >= 4 is 34.1 Å². The molecule has 0 radical (unpaired) electrons. The molecular formula is C51H40N2.